The van der Waals surface area contributed by atoms with Gasteiger partial charge in [-0.05, 0) is 50.1 Å². The minimum atomic E-state index is -3.73. The van der Waals surface area contributed by atoms with E-state index in [0.717, 1.165) is 22.5 Å². The zero-order chi connectivity index (χ0) is 21.6. The molecule has 0 spiro atoms. The van der Waals surface area contributed by atoms with Gasteiger partial charge in [0.25, 0.3) is 0 Å². The molecule has 1 N–H and O–H groups in total. The van der Waals surface area contributed by atoms with Crippen LogP contribution in [0.5, 0.6) is 0 Å². The van der Waals surface area contributed by atoms with Crippen molar-refractivity contribution in [1.29, 1.82) is 0 Å². The summed E-state index contributed by atoms with van der Waals surface area (Å²) in [6.07, 6.45) is 1.87. The molecule has 0 unspecified atom stereocenters. The van der Waals surface area contributed by atoms with E-state index in [4.69, 9.17) is 4.74 Å². The Hall–Kier alpha value is -2.87. The number of anilines is 2. The fourth-order valence-electron chi connectivity index (χ4n) is 2.90. The second-order valence-electron chi connectivity index (χ2n) is 6.51. The van der Waals surface area contributed by atoms with E-state index in [0.29, 0.717) is 5.69 Å². The van der Waals surface area contributed by atoms with E-state index in [1.807, 2.05) is 19.1 Å². The summed E-state index contributed by atoms with van der Waals surface area (Å²) in [6.45, 7) is 5.39. The van der Waals surface area contributed by atoms with Gasteiger partial charge < -0.3 is 10.1 Å². The van der Waals surface area contributed by atoms with E-state index in [-0.39, 0.29) is 17.9 Å². The molecule has 2 aromatic carbocycles. The molecule has 1 atom stereocenters. The molecule has 0 fully saturated rings. The number of esters is 1. The molecule has 0 saturated heterocycles. The molecule has 0 saturated carbocycles. The maximum atomic E-state index is 12.9. The minimum absolute atomic E-state index is 0.202. The van der Waals surface area contributed by atoms with Crippen LogP contribution in [-0.2, 0) is 26.0 Å². The van der Waals surface area contributed by atoms with Crippen molar-refractivity contribution in [3.8, 4) is 0 Å². The molecule has 29 heavy (non-hydrogen) atoms. The summed E-state index contributed by atoms with van der Waals surface area (Å²) in [5.41, 5.74) is 1.92. The normalized spacial score (nSPS) is 12.1. The van der Waals surface area contributed by atoms with Crippen molar-refractivity contribution in [2.24, 2.45) is 0 Å². The summed E-state index contributed by atoms with van der Waals surface area (Å²) in [5, 5.41) is 2.65. The van der Waals surface area contributed by atoms with Crippen LogP contribution in [0.1, 0.15) is 36.7 Å². The Kier molecular flexibility index (Phi) is 7.39. The maximum absolute atomic E-state index is 12.9. The molecule has 0 bridgehead atoms. The molecule has 0 heterocycles. The highest BCUT2D eigenvalue weighted by molar-refractivity contribution is 7.92. The highest BCUT2D eigenvalue weighted by Crippen LogP contribution is 2.23. The fourth-order valence-corrected chi connectivity index (χ4v) is 4.08. The summed E-state index contributed by atoms with van der Waals surface area (Å²) in [4.78, 5) is 25.0. The SMILES string of the molecule is CCOC(=O)c1ccccc1NC(=O)[C@H](C)N(c1ccc(CC)cc1)S(C)(=O)=O. The number of sulfonamides is 1. The lowest BCUT2D eigenvalue weighted by Crippen LogP contribution is -2.45. The quantitative estimate of drug-likeness (QED) is 0.665. The summed E-state index contributed by atoms with van der Waals surface area (Å²) in [5.74, 6) is -1.13. The van der Waals surface area contributed by atoms with Gasteiger partial charge >= 0.3 is 5.97 Å². The smallest absolute Gasteiger partial charge is 0.340 e. The van der Waals surface area contributed by atoms with Crippen LogP contribution >= 0.6 is 0 Å². The van der Waals surface area contributed by atoms with E-state index < -0.39 is 27.9 Å². The number of nitrogens with zero attached hydrogens (tertiary/aromatic N) is 1. The lowest BCUT2D eigenvalue weighted by Gasteiger charge is -2.28. The first-order chi connectivity index (χ1) is 13.7. The summed E-state index contributed by atoms with van der Waals surface area (Å²) >= 11 is 0. The number of amides is 1. The molecule has 2 rings (SSSR count). The van der Waals surface area contributed by atoms with Gasteiger partial charge in [0.15, 0.2) is 0 Å². The summed E-state index contributed by atoms with van der Waals surface area (Å²) < 4.78 is 30.9. The van der Waals surface area contributed by atoms with Crippen molar-refractivity contribution >= 4 is 33.3 Å². The number of ether oxygens (including phenoxy) is 1. The first kappa shape index (κ1) is 22.4. The standard InChI is InChI=1S/C21H26N2O5S/c1-5-16-11-13-17(14-12-16)23(29(4,26)27)15(3)20(24)22-19-10-8-7-9-18(19)21(25)28-6-2/h7-15H,5-6H2,1-4H3,(H,22,24)/t15-/m0/s1. The maximum Gasteiger partial charge on any atom is 0.340 e. The Morgan fingerprint density at radius 2 is 1.69 bits per heavy atom. The number of benzene rings is 2. The highest BCUT2D eigenvalue weighted by Gasteiger charge is 2.29. The van der Waals surface area contributed by atoms with Crippen LogP contribution in [0.25, 0.3) is 0 Å². The van der Waals surface area contributed by atoms with E-state index in [1.54, 1.807) is 37.3 Å². The highest BCUT2D eigenvalue weighted by atomic mass is 32.2. The van der Waals surface area contributed by atoms with Crippen LogP contribution in [0.2, 0.25) is 0 Å². The third kappa shape index (κ3) is 5.57. The van der Waals surface area contributed by atoms with Gasteiger partial charge in [-0.3, -0.25) is 9.10 Å². The summed E-state index contributed by atoms with van der Waals surface area (Å²) in [6, 6.07) is 12.4. The van der Waals surface area contributed by atoms with Gasteiger partial charge in [-0.1, -0.05) is 31.2 Å². The van der Waals surface area contributed by atoms with Gasteiger partial charge in [-0.2, -0.15) is 0 Å². The second kappa shape index (κ2) is 9.56. The molecule has 0 aliphatic carbocycles. The van der Waals surface area contributed by atoms with Gasteiger partial charge in [-0.25, -0.2) is 13.2 Å². The number of hydrogen-bond acceptors (Lipinski definition) is 5. The number of carbonyl (C=O) groups is 2. The van der Waals surface area contributed by atoms with Gasteiger partial charge in [0.05, 0.1) is 29.8 Å². The predicted molar refractivity (Wildman–Crippen MR) is 114 cm³/mol. The molecule has 0 aliphatic rings. The summed E-state index contributed by atoms with van der Waals surface area (Å²) in [7, 11) is -3.73. The Labute approximate surface area is 171 Å². The van der Waals surface area contributed by atoms with Crippen molar-refractivity contribution in [3.05, 3.63) is 59.7 Å². The van der Waals surface area contributed by atoms with E-state index >= 15 is 0 Å². The first-order valence-electron chi connectivity index (χ1n) is 9.34. The fraction of sp³-hybridized carbons (Fsp3) is 0.333. The number of carbonyl (C=O) groups excluding carboxylic acids is 2. The Morgan fingerprint density at radius 3 is 2.24 bits per heavy atom. The van der Waals surface area contributed by atoms with Crippen LogP contribution in [0, 0.1) is 0 Å². The van der Waals surface area contributed by atoms with Crippen LogP contribution in [0.4, 0.5) is 11.4 Å². The van der Waals surface area contributed by atoms with Gasteiger partial charge in [0.1, 0.15) is 6.04 Å². The van der Waals surface area contributed by atoms with Crippen molar-refractivity contribution in [2.45, 2.75) is 33.2 Å². The van der Waals surface area contributed by atoms with Gasteiger partial charge in [-0.15, -0.1) is 0 Å². The topological polar surface area (TPSA) is 92.8 Å². The van der Waals surface area contributed by atoms with E-state index in [9.17, 15) is 18.0 Å². The van der Waals surface area contributed by atoms with Gasteiger partial charge in [0.2, 0.25) is 15.9 Å². The average Bonchev–Trinajstić information content (AvgIpc) is 2.68. The molecule has 0 aromatic heterocycles. The van der Waals surface area contributed by atoms with Crippen molar-refractivity contribution < 1.29 is 22.7 Å². The number of hydrogen-bond donors (Lipinski definition) is 1. The third-order valence-electron chi connectivity index (χ3n) is 4.37. The monoisotopic (exact) mass is 418 g/mol. The predicted octanol–water partition coefficient (Wildman–Crippen LogP) is 3.22. The molecule has 0 radical (unpaired) electrons. The van der Waals surface area contributed by atoms with Crippen molar-refractivity contribution in [1.82, 2.24) is 0 Å². The van der Waals surface area contributed by atoms with Crippen LogP contribution < -0.4 is 9.62 Å². The first-order valence-corrected chi connectivity index (χ1v) is 11.2. The average molecular weight is 419 g/mol. The minimum Gasteiger partial charge on any atom is -0.462 e. The molecule has 7 nitrogen and oxygen atoms in total. The lowest BCUT2D eigenvalue weighted by atomic mass is 10.1. The molecule has 156 valence electrons. The molecule has 1 amide bonds. The molecular weight excluding hydrogens is 392 g/mol. The zero-order valence-corrected chi connectivity index (χ0v) is 17.8. The van der Waals surface area contributed by atoms with Crippen LogP contribution in [0.3, 0.4) is 0 Å². The largest absolute Gasteiger partial charge is 0.462 e. The Balaban J connectivity index is 2.32. The van der Waals surface area contributed by atoms with Crippen LogP contribution in [0.15, 0.2) is 48.5 Å². The number of nitrogens with one attached hydrogen (secondary N) is 1. The lowest BCUT2D eigenvalue weighted by molar-refractivity contribution is -0.116. The van der Waals surface area contributed by atoms with Crippen LogP contribution in [-0.4, -0.2) is 39.2 Å². The van der Waals surface area contributed by atoms with E-state index in [2.05, 4.69) is 5.32 Å². The van der Waals surface area contributed by atoms with E-state index in [1.165, 1.54) is 13.0 Å². The third-order valence-corrected chi connectivity index (χ3v) is 5.61. The number of rotatable bonds is 8. The number of para-hydroxylation sites is 1. The zero-order valence-electron chi connectivity index (χ0n) is 17.0. The van der Waals surface area contributed by atoms with Gasteiger partial charge in [0, 0.05) is 0 Å². The molecule has 8 heteroatoms. The van der Waals surface area contributed by atoms with Crippen molar-refractivity contribution in [3.63, 3.8) is 0 Å². The Bertz CT molecular complexity index is 971. The Morgan fingerprint density at radius 1 is 1.07 bits per heavy atom. The second-order valence-corrected chi connectivity index (χ2v) is 8.37. The number of aryl methyl sites for hydroxylation is 1. The molecular formula is C21H26N2O5S. The van der Waals surface area contributed by atoms with Crippen molar-refractivity contribution in [2.75, 3.05) is 22.5 Å². The molecule has 2 aromatic rings. The molecule has 0 aliphatic heterocycles.